The number of fused-ring (bicyclic) bond motifs is 3. The number of anilines is 1. The monoisotopic (exact) mass is 503 g/mol. The third-order valence-electron chi connectivity index (χ3n) is 6.65. The molecule has 0 spiro atoms. The molecule has 0 bridgehead atoms. The van der Waals surface area contributed by atoms with Gasteiger partial charge in [-0.3, -0.25) is 14.3 Å². The number of nitrogens with zero attached hydrogens (tertiary/aromatic N) is 5. The Hall–Kier alpha value is -4.23. The number of imidazole rings is 1. The number of rotatable bonds is 4. The first-order chi connectivity index (χ1) is 18.0. The maximum absolute atomic E-state index is 12.6. The number of amidine groups is 1. The first-order valence-corrected chi connectivity index (χ1v) is 13.1. The highest BCUT2D eigenvalue weighted by molar-refractivity contribution is 8.15. The summed E-state index contributed by atoms with van der Waals surface area (Å²) in [7, 11) is 0. The van der Waals surface area contributed by atoms with Crippen LogP contribution in [0.1, 0.15) is 22.3 Å². The molecule has 1 amide bonds. The van der Waals surface area contributed by atoms with Crippen LogP contribution in [0.5, 0.6) is 0 Å². The number of thioether (sulfide) groups is 1. The Bertz CT molecular complexity index is 1710. The van der Waals surface area contributed by atoms with Gasteiger partial charge in [-0.15, -0.1) is 5.10 Å². The van der Waals surface area contributed by atoms with Crippen molar-refractivity contribution in [2.75, 3.05) is 10.7 Å². The van der Waals surface area contributed by atoms with Crippen LogP contribution >= 0.6 is 11.8 Å². The van der Waals surface area contributed by atoms with Gasteiger partial charge in [-0.25, -0.2) is 4.98 Å². The van der Waals surface area contributed by atoms with E-state index in [1.165, 1.54) is 17.3 Å². The Kier molecular flexibility index (Phi) is 5.85. The summed E-state index contributed by atoms with van der Waals surface area (Å²) >= 11 is 1.41. The van der Waals surface area contributed by atoms with Crippen LogP contribution in [0.2, 0.25) is 0 Å². The van der Waals surface area contributed by atoms with Crippen LogP contribution < -0.4 is 4.90 Å². The van der Waals surface area contributed by atoms with Crippen molar-refractivity contribution in [3.05, 3.63) is 101 Å². The van der Waals surface area contributed by atoms with Crippen molar-refractivity contribution in [2.24, 2.45) is 10.2 Å². The van der Waals surface area contributed by atoms with Gasteiger partial charge in [0.05, 0.1) is 28.7 Å². The van der Waals surface area contributed by atoms with E-state index in [1.54, 1.807) is 11.1 Å². The van der Waals surface area contributed by atoms with Crippen molar-refractivity contribution in [1.29, 1.82) is 0 Å². The predicted octanol–water partition coefficient (Wildman–Crippen LogP) is 6.57. The first kappa shape index (κ1) is 23.2. The molecule has 0 radical (unpaired) electrons. The molecule has 182 valence electrons. The summed E-state index contributed by atoms with van der Waals surface area (Å²) < 4.78 is 2.11. The van der Waals surface area contributed by atoms with Crippen molar-refractivity contribution in [2.45, 2.75) is 20.8 Å². The summed E-state index contributed by atoms with van der Waals surface area (Å²) in [5.74, 6) is 0.389. The topological polar surface area (TPSA) is 62.9 Å². The summed E-state index contributed by atoms with van der Waals surface area (Å²) in [6.45, 7) is 6.11. The molecule has 5 aromatic rings. The van der Waals surface area contributed by atoms with Gasteiger partial charge in [0.25, 0.3) is 0 Å². The zero-order valence-electron chi connectivity index (χ0n) is 20.8. The van der Waals surface area contributed by atoms with Gasteiger partial charge in [0.2, 0.25) is 5.91 Å². The number of aromatic nitrogens is 2. The Balaban J connectivity index is 1.30. The molecule has 1 aromatic heterocycles. The number of benzene rings is 4. The van der Waals surface area contributed by atoms with E-state index in [2.05, 4.69) is 70.2 Å². The quantitative estimate of drug-likeness (QED) is 0.206. The fraction of sp³-hybridized carbons (Fsp3) is 0.133. The first-order valence-electron chi connectivity index (χ1n) is 12.1. The zero-order chi connectivity index (χ0) is 25.5. The second kappa shape index (κ2) is 9.33. The molecule has 2 heterocycles. The van der Waals surface area contributed by atoms with Crippen molar-refractivity contribution in [3.8, 4) is 5.69 Å². The van der Waals surface area contributed by atoms with Crippen LogP contribution in [0.4, 0.5) is 5.69 Å². The number of carbonyl (C=O) groups is 1. The van der Waals surface area contributed by atoms with E-state index in [0.717, 1.165) is 49.9 Å². The van der Waals surface area contributed by atoms with Crippen molar-refractivity contribution >= 4 is 56.5 Å². The molecule has 0 atom stereocenters. The van der Waals surface area contributed by atoms with E-state index in [9.17, 15) is 4.79 Å². The van der Waals surface area contributed by atoms with Gasteiger partial charge in [-0.1, -0.05) is 65.9 Å². The highest BCUT2D eigenvalue weighted by Crippen LogP contribution is 2.32. The molecule has 1 fully saturated rings. The molecule has 1 saturated heterocycles. The standard InChI is InChI=1S/C30H25N5OS/c1-19-7-11-24(12-8-19)34-18-31-28-25-13-9-22(15-23(25)10-14-26(28)34)16-32-33-30-35(27(36)17-37-30)29-20(2)5-4-6-21(29)3/h4-16,18H,17H2,1-3H3/b32-16+,33-30-. The summed E-state index contributed by atoms with van der Waals surface area (Å²) in [6.07, 6.45) is 3.61. The lowest BCUT2D eigenvalue weighted by Gasteiger charge is -2.20. The number of para-hydroxylation sites is 1. The Morgan fingerprint density at radius 1 is 0.946 bits per heavy atom. The molecule has 7 heteroatoms. The Morgan fingerprint density at radius 2 is 1.73 bits per heavy atom. The Morgan fingerprint density at radius 3 is 2.51 bits per heavy atom. The lowest BCUT2D eigenvalue weighted by Crippen LogP contribution is -2.30. The summed E-state index contributed by atoms with van der Waals surface area (Å²) in [5.41, 5.74) is 8.26. The average Bonchev–Trinajstić information content (AvgIpc) is 3.48. The maximum atomic E-state index is 12.6. The van der Waals surface area contributed by atoms with Gasteiger partial charge in [0.15, 0.2) is 5.17 Å². The van der Waals surface area contributed by atoms with Crippen LogP contribution in [0.15, 0.2) is 89.3 Å². The Labute approximate surface area is 219 Å². The normalized spacial score (nSPS) is 15.2. The van der Waals surface area contributed by atoms with Gasteiger partial charge in [-0.2, -0.15) is 5.10 Å². The van der Waals surface area contributed by atoms with Crippen LogP contribution in [-0.4, -0.2) is 32.6 Å². The van der Waals surface area contributed by atoms with Gasteiger partial charge >= 0.3 is 0 Å². The van der Waals surface area contributed by atoms with Gasteiger partial charge in [-0.05, 0) is 67.1 Å². The van der Waals surface area contributed by atoms with E-state index in [4.69, 9.17) is 4.98 Å². The highest BCUT2D eigenvalue weighted by atomic mass is 32.2. The number of hydrogen-bond acceptors (Lipinski definition) is 5. The molecule has 1 aliphatic heterocycles. The molecule has 6 nitrogen and oxygen atoms in total. The lowest BCUT2D eigenvalue weighted by molar-refractivity contribution is -0.115. The molecule has 37 heavy (non-hydrogen) atoms. The fourth-order valence-corrected chi connectivity index (χ4v) is 5.59. The molecule has 0 N–H and O–H groups in total. The van der Waals surface area contributed by atoms with Gasteiger partial charge < -0.3 is 0 Å². The minimum Gasteiger partial charge on any atom is -0.299 e. The molecule has 0 unspecified atom stereocenters. The zero-order valence-corrected chi connectivity index (χ0v) is 21.7. The van der Waals surface area contributed by atoms with E-state index in [1.807, 2.05) is 44.4 Å². The van der Waals surface area contributed by atoms with Crippen molar-refractivity contribution < 1.29 is 4.79 Å². The lowest BCUT2D eigenvalue weighted by atomic mass is 10.1. The van der Waals surface area contributed by atoms with Crippen LogP contribution in [0, 0.1) is 20.8 Å². The molecule has 0 saturated carbocycles. The average molecular weight is 504 g/mol. The minimum absolute atomic E-state index is 0.0242. The highest BCUT2D eigenvalue weighted by Gasteiger charge is 2.31. The van der Waals surface area contributed by atoms with E-state index in [-0.39, 0.29) is 5.91 Å². The fourth-order valence-electron chi connectivity index (χ4n) is 4.78. The number of amides is 1. The molecule has 0 aliphatic carbocycles. The SMILES string of the molecule is Cc1ccc(-n2cnc3c4ccc(/C=N/N=C5\SCC(=O)N5c5c(C)cccc5C)cc4ccc32)cc1. The van der Waals surface area contributed by atoms with E-state index < -0.39 is 0 Å². The minimum atomic E-state index is 0.0242. The molecule has 4 aromatic carbocycles. The molecule has 6 rings (SSSR count). The summed E-state index contributed by atoms with van der Waals surface area (Å²) in [5, 5.41) is 11.5. The van der Waals surface area contributed by atoms with Gasteiger partial charge in [0, 0.05) is 11.1 Å². The third-order valence-corrected chi connectivity index (χ3v) is 7.56. The van der Waals surface area contributed by atoms with Crippen LogP contribution in [0.3, 0.4) is 0 Å². The molecular weight excluding hydrogens is 478 g/mol. The molecule has 1 aliphatic rings. The maximum Gasteiger partial charge on any atom is 0.243 e. The number of hydrogen-bond donors (Lipinski definition) is 0. The predicted molar refractivity (Wildman–Crippen MR) is 154 cm³/mol. The summed E-state index contributed by atoms with van der Waals surface area (Å²) in [6, 6.07) is 24.9. The summed E-state index contributed by atoms with van der Waals surface area (Å²) in [4.78, 5) is 19.1. The van der Waals surface area contributed by atoms with Crippen molar-refractivity contribution in [1.82, 2.24) is 9.55 Å². The largest absolute Gasteiger partial charge is 0.299 e. The smallest absolute Gasteiger partial charge is 0.243 e. The van der Waals surface area contributed by atoms with Crippen molar-refractivity contribution in [3.63, 3.8) is 0 Å². The van der Waals surface area contributed by atoms with E-state index in [0.29, 0.717) is 10.9 Å². The van der Waals surface area contributed by atoms with Gasteiger partial charge in [0.1, 0.15) is 6.33 Å². The number of aryl methyl sites for hydroxylation is 3. The second-order valence-electron chi connectivity index (χ2n) is 9.25. The second-order valence-corrected chi connectivity index (χ2v) is 10.2. The van der Waals surface area contributed by atoms with Crippen LogP contribution in [0.25, 0.3) is 27.5 Å². The van der Waals surface area contributed by atoms with Crippen LogP contribution in [-0.2, 0) is 4.79 Å². The van der Waals surface area contributed by atoms with E-state index >= 15 is 0 Å². The number of carbonyl (C=O) groups excluding carboxylic acids is 1. The third kappa shape index (κ3) is 4.21. The molecular formula is C30H25N5OS.